The van der Waals surface area contributed by atoms with Gasteiger partial charge in [-0.05, 0) is 43.7 Å². The van der Waals surface area contributed by atoms with Crippen molar-refractivity contribution in [1.82, 2.24) is 10.0 Å². The van der Waals surface area contributed by atoms with E-state index in [0.717, 1.165) is 5.56 Å². The first kappa shape index (κ1) is 15.7. The summed E-state index contributed by atoms with van der Waals surface area (Å²) < 4.78 is 32.7. The van der Waals surface area contributed by atoms with E-state index in [2.05, 4.69) is 10.0 Å². The number of benzene rings is 1. The lowest BCUT2D eigenvalue weighted by Crippen LogP contribution is -2.38. The summed E-state index contributed by atoms with van der Waals surface area (Å²) in [5, 5.41) is 3.53. The van der Waals surface area contributed by atoms with E-state index in [9.17, 15) is 8.42 Å². The molecule has 1 aliphatic heterocycles. The Morgan fingerprint density at radius 3 is 2.70 bits per heavy atom. The van der Waals surface area contributed by atoms with Gasteiger partial charge in [0.05, 0.1) is 4.90 Å². The molecule has 0 atom stereocenters. The molecule has 1 aliphatic rings. The smallest absolute Gasteiger partial charge is 0.240 e. The van der Waals surface area contributed by atoms with Crippen molar-refractivity contribution in [2.75, 3.05) is 20.3 Å². The van der Waals surface area contributed by atoms with E-state index in [0.29, 0.717) is 37.6 Å². The Bertz CT molecular complexity index is 557. The molecule has 0 unspecified atom stereocenters. The number of rotatable bonds is 5. The fraction of sp³-hybridized carbons (Fsp3) is 0.538. The first-order chi connectivity index (χ1) is 9.53. The highest BCUT2D eigenvalue weighted by Crippen LogP contribution is 2.21. The Morgan fingerprint density at radius 2 is 2.05 bits per heavy atom. The quantitative estimate of drug-likeness (QED) is 0.863. The van der Waals surface area contributed by atoms with Gasteiger partial charge in [0.15, 0.2) is 0 Å². The van der Waals surface area contributed by atoms with Gasteiger partial charge in [0.2, 0.25) is 10.0 Å². The van der Waals surface area contributed by atoms with Crippen molar-refractivity contribution in [3.63, 3.8) is 0 Å². The van der Waals surface area contributed by atoms with E-state index < -0.39 is 10.0 Å². The van der Waals surface area contributed by atoms with Crippen LogP contribution in [0.2, 0.25) is 5.02 Å². The number of hydrogen-bond donors (Lipinski definition) is 2. The minimum Gasteiger partial charge on any atom is -0.381 e. The number of sulfonamides is 1. The molecular formula is C13H19ClN2O3S. The zero-order chi connectivity index (χ0) is 14.6. The van der Waals surface area contributed by atoms with Crippen molar-refractivity contribution in [2.45, 2.75) is 30.3 Å². The molecule has 2 rings (SSSR count). The summed E-state index contributed by atoms with van der Waals surface area (Å²) in [6.45, 7) is 1.72. The van der Waals surface area contributed by atoms with Crippen molar-refractivity contribution in [2.24, 2.45) is 0 Å². The third kappa shape index (κ3) is 3.93. The fourth-order valence-electron chi connectivity index (χ4n) is 2.15. The van der Waals surface area contributed by atoms with Gasteiger partial charge in [-0.15, -0.1) is 0 Å². The van der Waals surface area contributed by atoms with Gasteiger partial charge in [-0.3, -0.25) is 0 Å². The minimum atomic E-state index is -3.51. The summed E-state index contributed by atoms with van der Waals surface area (Å²) in [6.07, 6.45) is 1.41. The lowest BCUT2D eigenvalue weighted by atomic mass is 10.1. The van der Waals surface area contributed by atoms with Crippen molar-refractivity contribution >= 4 is 21.6 Å². The molecular weight excluding hydrogens is 300 g/mol. The highest BCUT2D eigenvalue weighted by Gasteiger charge is 2.22. The molecule has 20 heavy (non-hydrogen) atoms. The van der Waals surface area contributed by atoms with Gasteiger partial charge in [0.1, 0.15) is 0 Å². The second kappa shape index (κ2) is 6.87. The third-order valence-corrected chi connectivity index (χ3v) is 5.12. The van der Waals surface area contributed by atoms with E-state index in [4.69, 9.17) is 16.3 Å². The zero-order valence-corrected chi connectivity index (χ0v) is 12.9. The third-order valence-electron chi connectivity index (χ3n) is 3.24. The molecule has 112 valence electrons. The molecule has 1 fully saturated rings. The van der Waals surface area contributed by atoms with E-state index in [1.807, 2.05) is 0 Å². The summed E-state index contributed by atoms with van der Waals surface area (Å²) >= 11 is 6.05. The maximum absolute atomic E-state index is 12.4. The van der Waals surface area contributed by atoms with Crippen molar-refractivity contribution in [3.05, 3.63) is 28.8 Å². The van der Waals surface area contributed by atoms with Gasteiger partial charge in [-0.2, -0.15) is 0 Å². The van der Waals surface area contributed by atoms with Crippen LogP contribution in [-0.4, -0.2) is 34.7 Å². The van der Waals surface area contributed by atoms with E-state index in [1.165, 1.54) is 6.07 Å². The van der Waals surface area contributed by atoms with E-state index in [-0.39, 0.29) is 10.9 Å². The largest absolute Gasteiger partial charge is 0.381 e. The van der Waals surface area contributed by atoms with Crippen LogP contribution in [-0.2, 0) is 21.3 Å². The number of ether oxygens (including phenoxy) is 1. The molecule has 7 heteroatoms. The Kier molecular flexibility index (Phi) is 5.40. The number of hydrogen-bond acceptors (Lipinski definition) is 4. The molecule has 0 amide bonds. The Hall–Kier alpha value is -0.660. The van der Waals surface area contributed by atoms with Crippen LogP contribution in [0.25, 0.3) is 0 Å². The van der Waals surface area contributed by atoms with Crippen molar-refractivity contribution in [3.8, 4) is 0 Å². The van der Waals surface area contributed by atoms with Gasteiger partial charge in [-0.1, -0.05) is 11.6 Å². The molecule has 1 aromatic rings. The fourth-order valence-corrected chi connectivity index (χ4v) is 3.69. The maximum Gasteiger partial charge on any atom is 0.240 e. The van der Waals surface area contributed by atoms with Crippen LogP contribution in [0.15, 0.2) is 23.1 Å². The van der Waals surface area contributed by atoms with Gasteiger partial charge in [0.25, 0.3) is 0 Å². The second-order valence-corrected chi connectivity index (χ2v) is 6.91. The average Bonchev–Trinajstić information content (AvgIpc) is 2.42. The number of halogens is 1. The summed E-state index contributed by atoms with van der Waals surface area (Å²) in [5.74, 6) is 0. The lowest BCUT2D eigenvalue weighted by molar-refractivity contribution is 0.0832. The average molecular weight is 319 g/mol. The lowest BCUT2D eigenvalue weighted by Gasteiger charge is -2.23. The van der Waals surface area contributed by atoms with Crippen LogP contribution >= 0.6 is 11.6 Å². The first-order valence-electron chi connectivity index (χ1n) is 6.56. The highest BCUT2D eigenvalue weighted by molar-refractivity contribution is 7.89. The SMILES string of the molecule is CNCc1cc(S(=O)(=O)NC2CCOCC2)ccc1Cl. The van der Waals surface area contributed by atoms with E-state index >= 15 is 0 Å². The minimum absolute atomic E-state index is 0.0582. The molecule has 5 nitrogen and oxygen atoms in total. The van der Waals surface area contributed by atoms with Crippen molar-refractivity contribution < 1.29 is 13.2 Å². The molecule has 0 aliphatic carbocycles. The predicted molar refractivity (Wildman–Crippen MR) is 78.4 cm³/mol. The Balaban J connectivity index is 2.17. The summed E-state index contributed by atoms with van der Waals surface area (Å²) in [4.78, 5) is 0.249. The van der Waals surface area contributed by atoms with Crippen molar-refractivity contribution in [1.29, 1.82) is 0 Å². The van der Waals surface area contributed by atoms with Crippen LogP contribution in [0.1, 0.15) is 18.4 Å². The molecule has 1 aromatic carbocycles. The van der Waals surface area contributed by atoms with Crippen LogP contribution in [0.3, 0.4) is 0 Å². The zero-order valence-electron chi connectivity index (χ0n) is 11.4. The normalized spacial score (nSPS) is 17.3. The molecule has 0 radical (unpaired) electrons. The standard InChI is InChI=1S/C13H19ClN2O3S/c1-15-9-10-8-12(2-3-13(10)14)20(17,18)16-11-4-6-19-7-5-11/h2-3,8,11,15-16H,4-7,9H2,1H3. The highest BCUT2D eigenvalue weighted by atomic mass is 35.5. The molecule has 1 heterocycles. The second-order valence-electron chi connectivity index (χ2n) is 4.79. The topological polar surface area (TPSA) is 67.4 Å². The van der Waals surface area contributed by atoms with Crippen LogP contribution in [0.5, 0.6) is 0 Å². The van der Waals surface area contributed by atoms with Gasteiger partial charge < -0.3 is 10.1 Å². The molecule has 2 N–H and O–H groups in total. The van der Waals surface area contributed by atoms with Gasteiger partial charge in [-0.25, -0.2) is 13.1 Å². The Morgan fingerprint density at radius 1 is 1.35 bits per heavy atom. The molecule has 0 spiro atoms. The first-order valence-corrected chi connectivity index (χ1v) is 8.42. The van der Waals surface area contributed by atoms with Crippen LogP contribution < -0.4 is 10.0 Å². The maximum atomic E-state index is 12.4. The molecule has 0 saturated carbocycles. The van der Waals surface area contributed by atoms with Gasteiger partial charge >= 0.3 is 0 Å². The van der Waals surface area contributed by atoms with Gasteiger partial charge in [0, 0.05) is 30.8 Å². The van der Waals surface area contributed by atoms with Crippen LogP contribution in [0, 0.1) is 0 Å². The number of nitrogens with one attached hydrogen (secondary N) is 2. The Labute approximate surface area is 124 Å². The molecule has 0 bridgehead atoms. The summed E-state index contributed by atoms with van der Waals surface area (Å²) in [7, 11) is -1.72. The molecule has 0 aromatic heterocycles. The monoisotopic (exact) mass is 318 g/mol. The summed E-state index contributed by atoms with van der Waals surface area (Å²) in [5.41, 5.74) is 0.768. The van der Waals surface area contributed by atoms with E-state index in [1.54, 1.807) is 19.2 Å². The molecule has 1 saturated heterocycles. The predicted octanol–water partition coefficient (Wildman–Crippen LogP) is 1.52. The van der Waals surface area contributed by atoms with Crippen LogP contribution in [0.4, 0.5) is 0 Å². The summed E-state index contributed by atoms with van der Waals surface area (Å²) in [6, 6.07) is 4.70.